The SMILES string of the molecule is CN(C)c1ccc(/C=C(\C#N)C(=O)OCCCCCCN)cc1. The topological polar surface area (TPSA) is 79.3 Å². The van der Waals surface area contributed by atoms with E-state index in [4.69, 9.17) is 15.7 Å². The molecule has 0 saturated heterocycles. The summed E-state index contributed by atoms with van der Waals surface area (Å²) in [5, 5.41) is 9.13. The van der Waals surface area contributed by atoms with E-state index in [9.17, 15) is 4.79 Å². The summed E-state index contributed by atoms with van der Waals surface area (Å²) in [4.78, 5) is 13.9. The van der Waals surface area contributed by atoms with E-state index in [-0.39, 0.29) is 5.57 Å². The molecular weight excluding hydrogens is 290 g/mol. The van der Waals surface area contributed by atoms with Gasteiger partial charge in [0.15, 0.2) is 0 Å². The lowest BCUT2D eigenvalue weighted by Crippen LogP contribution is -2.09. The molecule has 0 atom stereocenters. The molecule has 0 fully saturated rings. The van der Waals surface area contributed by atoms with Crippen LogP contribution >= 0.6 is 0 Å². The quantitative estimate of drug-likeness (QED) is 0.328. The summed E-state index contributed by atoms with van der Waals surface area (Å²) >= 11 is 0. The molecule has 0 radical (unpaired) electrons. The predicted octanol–water partition coefficient (Wildman–Crippen LogP) is 2.72. The maximum atomic E-state index is 11.9. The molecule has 0 aliphatic rings. The number of anilines is 1. The van der Waals surface area contributed by atoms with Crippen molar-refractivity contribution in [3.8, 4) is 6.07 Å². The predicted molar refractivity (Wildman–Crippen MR) is 92.8 cm³/mol. The van der Waals surface area contributed by atoms with Gasteiger partial charge < -0.3 is 15.4 Å². The number of carbonyl (C=O) groups is 1. The summed E-state index contributed by atoms with van der Waals surface area (Å²) in [6.07, 6.45) is 5.34. The largest absolute Gasteiger partial charge is 0.462 e. The Bertz CT molecular complexity index is 557. The number of unbranched alkanes of at least 4 members (excludes halogenated alkanes) is 3. The first-order valence-corrected chi connectivity index (χ1v) is 7.85. The van der Waals surface area contributed by atoms with Gasteiger partial charge in [-0.3, -0.25) is 0 Å². The van der Waals surface area contributed by atoms with E-state index in [0.717, 1.165) is 36.9 Å². The summed E-state index contributed by atoms with van der Waals surface area (Å²) in [7, 11) is 3.91. The van der Waals surface area contributed by atoms with Crippen molar-refractivity contribution in [2.24, 2.45) is 5.73 Å². The first-order valence-electron chi connectivity index (χ1n) is 7.85. The molecule has 1 aromatic carbocycles. The van der Waals surface area contributed by atoms with E-state index in [0.29, 0.717) is 13.2 Å². The Hall–Kier alpha value is -2.32. The summed E-state index contributed by atoms with van der Waals surface area (Å²) in [5.74, 6) is -0.567. The van der Waals surface area contributed by atoms with Crippen LogP contribution in [0, 0.1) is 11.3 Å². The maximum Gasteiger partial charge on any atom is 0.348 e. The molecule has 2 N–H and O–H groups in total. The second-order valence-electron chi connectivity index (χ2n) is 5.49. The van der Waals surface area contributed by atoms with Crippen molar-refractivity contribution >= 4 is 17.7 Å². The monoisotopic (exact) mass is 315 g/mol. The normalized spacial score (nSPS) is 11.0. The van der Waals surface area contributed by atoms with Crippen LogP contribution in [0.15, 0.2) is 29.8 Å². The van der Waals surface area contributed by atoms with Gasteiger partial charge in [0.25, 0.3) is 0 Å². The Morgan fingerprint density at radius 2 is 1.87 bits per heavy atom. The molecule has 5 nitrogen and oxygen atoms in total. The van der Waals surface area contributed by atoms with Gasteiger partial charge in [0, 0.05) is 19.8 Å². The average Bonchev–Trinajstić information content (AvgIpc) is 2.56. The van der Waals surface area contributed by atoms with Gasteiger partial charge in [0.1, 0.15) is 11.6 Å². The fourth-order valence-corrected chi connectivity index (χ4v) is 2.01. The highest BCUT2D eigenvalue weighted by molar-refractivity contribution is 5.97. The highest BCUT2D eigenvalue weighted by atomic mass is 16.5. The molecule has 124 valence electrons. The Labute approximate surface area is 138 Å². The van der Waals surface area contributed by atoms with Crippen LogP contribution in [-0.4, -0.2) is 33.2 Å². The number of rotatable bonds is 9. The summed E-state index contributed by atoms with van der Waals surface area (Å²) in [6.45, 7) is 1.02. The second-order valence-corrected chi connectivity index (χ2v) is 5.49. The third-order valence-electron chi connectivity index (χ3n) is 3.39. The number of hydrogen-bond donors (Lipinski definition) is 1. The van der Waals surface area contributed by atoms with Crippen molar-refractivity contribution in [2.45, 2.75) is 25.7 Å². The van der Waals surface area contributed by atoms with Gasteiger partial charge >= 0.3 is 5.97 Å². The Morgan fingerprint density at radius 1 is 1.22 bits per heavy atom. The van der Waals surface area contributed by atoms with Crippen LogP contribution in [0.3, 0.4) is 0 Å². The second kappa shape index (κ2) is 10.4. The van der Waals surface area contributed by atoms with E-state index in [1.807, 2.05) is 49.3 Å². The van der Waals surface area contributed by atoms with Gasteiger partial charge in [0.2, 0.25) is 0 Å². The van der Waals surface area contributed by atoms with E-state index < -0.39 is 5.97 Å². The first-order chi connectivity index (χ1) is 11.1. The molecule has 5 heteroatoms. The van der Waals surface area contributed by atoms with Crippen molar-refractivity contribution in [2.75, 3.05) is 32.1 Å². The molecule has 1 aromatic rings. The van der Waals surface area contributed by atoms with Crippen LogP contribution in [0.1, 0.15) is 31.2 Å². The number of carbonyl (C=O) groups excluding carboxylic acids is 1. The van der Waals surface area contributed by atoms with Crippen molar-refractivity contribution < 1.29 is 9.53 Å². The van der Waals surface area contributed by atoms with Gasteiger partial charge in [-0.2, -0.15) is 5.26 Å². The van der Waals surface area contributed by atoms with Crippen molar-refractivity contribution in [1.82, 2.24) is 0 Å². The number of nitriles is 1. The van der Waals surface area contributed by atoms with Crippen molar-refractivity contribution in [3.63, 3.8) is 0 Å². The number of esters is 1. The number of benzene rings is 1. The highest BCUT2D eigenvalue weighted by Crippen LogP contribution is 2.15. The fourth-order valence-electron chi connectivity index (χ4n) is 2.01. The third kappa shape index (κ3) is 6.98. The minimum Gasteiger partial charge on any atom is -0.462 e. The van der Waals surface area contributed by atoms with Crippen molar-refractivity contribution in [3.05, 3.63) is 35.4 Å². The number of nitrogens with two attached hydrogens (primary N) is 1. The molecule has 0 unspecified atom stereocenters. The van der Waals surface area contributed by atoms with Gasteiger partial charge in [-0.15, -0.1) is 0 Å². The number of hydrogen-bond acceptors (Lipinski definition) is 5. The minimum absolute atomic E-state index is 0.0181. The first kappa shape index (κ1) is 18.7. The zero-order valence-electron chi connectivity index (χ0n) is 13.9. The lowest BCUT2D eigenvalue weighted by Gasteiger charge is -2.11. The Morgan fingerprint density at radius 3 is 2.43 bits per heavy atom. The average molecular weight is 315 g/mol. The zero-order valence-corrected chi connectivity index (χ0v) is 13.9. The van der Waals surface area contributed by atoms with E-state index in [1.54, 1.807) is 6.08 Å². The molecular formula is C18H25N3O2. The Kier molecular flexibility index (Phi) is 8.48. The van der Waals surface area contributed by atoms with Crippen LogP contribution in [0.4, 0.5) is 5.69 Å². The Balaban J connectivity index is 2.54. The molecule has 0 aliphatic heterocycles. The lowest BCUT2D eigenvalue weighted by molar-refractivity contribution is -0.138. The summed E-state index contributed by atoms with van der Waals surface area (Å²) < 4.78 is 5.14. The minimum atomic E-state index is -0.567. The molecule has 0 amide bonds. The van der Waals surface area contributed by atoms with Crippen LogP contribution in [0.5, 0.6) is 0 Å². The molecule has 23 heavy (non-hydrogen) atoms. The standard InChI is InChI=1S/C18H25N3O2/c1-21(2)17-9-7-15(8-10-17)13-16(14-20)18(22)23-12-6-4-3-5-11-19/h7-10,13H,3-6,11-12,19H2,1-2H3/b16-13+. The number of nitrogens with zero attached hydrogens (tertiary/aromatic N) is 2. The van der Waals surface area contributed by atoms with E-state index in [1.165, 1.54) is 0 Å². The van der Waals surface area contributed by atoms with Crippen molar-refractivity contribution in [1.29, 1.82) is 5.26 Å². The smallest absolute Gasteiger partial charge is 0.348 e. The highest BCUT2D eigenvalue weighted by Gasteiger charge is 2.10. The molecule has 0 spiro atoms. The number of ether oxygens (including phenoxy) is 1. The molecule has 0 aliphatic carbocycles. The van der Waals surface area contributed by atoms with Crippen LogP contribution in [-0.2, 0) is 9.53 Å². The zero-order chi connectivity index (χ0) is 17.1. The molecule has 0 aromatic heterocycles. The van der Waals surface area contributed by atoms with E-state index >= 15 is 0 Å². The third-order valence-corrected chi connectivity index (χ3v) is 3.39. The van der Waals surface area contributed by atoms with Gasteiger partial charge in [-0.1, -0.05) is 25.0 Å². The molecule has 0 heterocycles. The molecule has 0 bridgehead atoms. The van der Waals surface area contributed by atoms with Crippen LogP contribution in [0.2, 0.25) is 0 Å². The fraction of sp³-hybridized carbons (Fsp3) is 0.444. The van der Waals surface area contributed by atoms with Gasteiger partial charge in [0.05, 0.1) is 6.61 Å². The molecule has 1 rings (SSSR count). The molecule has 0 saturated carbocycles. The van der Waals surface area contributed by atoms with Crippen LogP contribution < -0.4 is 10.6 Å². The van der Waals surface area contributed by atoms with Crippen LogP contribution in [0.25, 0.3) is 6.08 Å². The van der Waals surface area contributed by atoms with Gasteiger partial charge in [-0.05, 0) is 43.2 Å². The van der Waals surface area contributed by atoms with E-state index in [2.05, 4.69) is 0 Å². The maximum absolute atomic E-state index is 11.9. The summed E-state index contributed by atoms with van der Waals surface area (Å²) in [6, 6.07) is 9.51. The summed E-state index contributed by atoms with van der Waals surface area (Å²) in [5.41, 5.74) is 7.29. The lowest BCUT2D eigenvalue weighted by atomic mass is 10.1. The van der Waals surface area contributed by atoms with Gasteiger partial charge in [-0.25, -0.2) is 4.79 Å².